The molecule has 8 nitrogen and oxygen atoms in total. The number of unbranched alkanes of at least 4 members (excludes halogenated alkanes) is 3. The third kappa shape index (κ3) is 9.45. The lowest BCUT2D eigenvalue weighted by molar-refractivity contribution is -0.136. The van der Waals surface area contributed by atoms with E-state index in [9.17, 15) is 14.4 Å². The molecule has 0 radical (unpaired) electrons. The number of fused-ring (bicyclic) bond motifs is 1. The summed E-state index contributed by atoms with van der Waals surface area (Å²) in [5, 5.41) is 3.07. The number of benzene rings is 2. The fraction of sp³-hybridized carbons (Fsp3) is 0.526. The molecule has 260 valence electrons. The average Bonchev–Trinajstić information content (AvgIpc) is 3.65. The van der Waals surface area contributed by atoms with Gasteiger partial charge in [-0.25, -0.2) is 4.98 Å². The number of hydrogen-bond acceptors (Lipinski definition) is 7. The third-order valence-electron chi connectivity index (χ3n) is 9.12. The quantitative estimate of drug-likeness (QED) is 0.0956. The molecule has 48 heavy (non-hydrogen) atoms. The van der Waals surface area contributed by atoms with Crippen LogP contribution in [0.2, 0.25) is 0 Å². The summed E-state index contributed by atoms with van der Waals surface area (Å²) in [6, 6.07) is 12.9. The summed E-state index contributed by atoms with van der Waals surface area (Å²) in [4.78, 5) is 48.2. The molecule has 0 bridgehead atoms. The lowest BCUT2D eigenvalue weighted by Crippen LogP contribution is -2.49. The number of Topliss-reactive ketones (excluding diaryl/α,β-unsaturated/α-hetero) is 1. The molecule has 1 aromatic heterocycles. The Bertz CT molecular complexity index is 1530. The summed E-state index contributed by atoms with van der Waals surface area (Å²) >= 11 is 7.33. The molecule has 0 spiro atoms. The Morgan fingerprint density at radius 2 is 1.81 bits per heavy atom. The number of thiazole rings is 1. The van der Waals surface area contributed by atoms with Crippen molar-refractivity contribution in [2.45, 2.75) is 85.9 Å². The summed E-state index contributed by atoms with van der Waals surface area (Å²) < 4.78 is 12.0. The van der Waals surface area contributed by atoms with Gasteiger partial charge in [0, 0.05) is 48.5 Å². The topological polar surface area (TPSA) is 97.8 Å². The van der Waals surface area contributed by atoms with Crippen LogP contribution in [0.3, 0.4) is 0 Å². The second kappa shape index (κ2) is 18.5. The number of nitrogens with zero attached hydrogens (tertiary/aromatic N) is 2. The largest absolute Gasteiger partial charge is 0.491 e. The minimum Gasteiger partial charge on any atom is -0.491 e. The normalized spacial score (nSPS) is 14.6. The minimum atomic E-state index is -0.610. The number of aryl methyl sites for hydroxylation is 1. The maximum atomic E-state index is 14.1. The lowest BCUT2D eigenvalue weighted by Gasteiger charge is -2.34. The van der Waals surface area contributed by atoms with Gasteiger partial charge in [0.15, 0.2) is 5.78 Å². The van der Waals surface area contributed by atoms with Crippen LogP contribution in [0.1, 0.15) is 87.0 Å². The predicted octanol–water partition coefficient (Wildman–Crippen LogP) is 7.84. The highest BCUT2D eigenvalue weighted by Crippen LogP contribution is 2.33. The Kier molecular flexibility index (Phi) is 14.5. The van der Waals surface area contributed by atoms with Crippen LogP contribution in [0.15, 0.2) is 48.0 Å². The van der Waals surface area contributed by atoms with E-state index in [1.165, 1.54) is 0 Å². The van der Waals surface area contributed by atoms with E-state index in [1.807, 2.05) is 75.7 Å². The predicted molar refractivity (Wildman–Crippen MR) is 193 cm³/mol. The third-order valence-corrected chi connectivity index (χ3v) is 10.4. The zero-order valence-electron chi connectivity index (χ0n) is 28.9. The van der Waals surface area contributed by atoms with Gasteiger partial charge in [0.2, 0.25) is 5.91 Å². The standard InChI is InChI=1S/C38H50ClN3O5S/c1-6-31(35(43)34(25(2)3)42-23-30-13-9-10-14-32(30)38(42)45)26(4)37(44)40-22-29-16-15-28(36-27(5)41-24-48-36)21-33(29)47-20-19-46-18-12-8-7-11-17-39/h9-10,13-16,21,24-26,31,34H,6-8,11-12,17-20,22-23H2,1-5H3,(H,40,44). The molecular weight excluding hydrogens is 646 g/mol. The van der Waals surface area contributed by atoms with Gasteiger partial charge in [0.25, 0.3) is 5.91 Å². The number of carbonyl (C=O) groups is 3. The van der Waals surface area contributed by atoms with Gasteiger partial charge < -0.3 is 19.7 Å². The molecule has 3 aromatic rings. The van der Waals surface area contributed by atoms with Crippen LogP contribution in [0.4, 0.5) is 0 Å². The van der Waals surface area contributed by atoms with E-state index in [-0.39, 0.29) is 30.1 Å². The molecule has 0 aliphatic carbocycles. The van der Waals surface area contributed by atoms with E-state index < -0.39 is 17.9 Å². The van der Waals surface area contributed by atoms with Crippen LogP contribution in [-0.4, -0.2) is 59.2 Å². The zero-order valence-corrected chi connectivity index (χ0v) is 30.5. The molecular formula is C38H50ClN3O5S. The van der Waals surface area contributed by atoms with Crippen LogP contribution >= 0.6 is 22.9 Å². The van der Waals surface area contributed by atoms with Gasteiger partial charge in [-0.3, -0.25) is 14.4 Å². The van der Waals surface area contributed by atoms with Crippen LogP contribution in [0.5, 0.6) is 5.75 Å². The van der Waals surface area contributed by atoms with E-state index in [0.717, 1.165) is 52.9 Å². The molecule has 3 atom stereocenters. The van der Waals surface area contributed by atoms with Crippen LogP contribution in [0, 0.1) is 24.7 Å². The average molecular weight is 696 g/mol. The van der Waals surface area contributed by atoms with Gasteiger partial charge in [0.05, 0.1) is 28.7 Å². The van der Waals surface area contributed by atoms with Crippen molar-refractivity contribution < 1.29 is 23.9 Å². The van der Waals surface area contributed by atoms with Crippen molar-refractivity contribution >= 4 is 40.5 Å². The maximum Gasteiger partial charge on any atom is 0.255 e. The first-order valence-electron chi connectivity index (χ1n) is 17.2. The van der Waals surface area contributed by atoms with Gasteiger partial charge in [-0.1, -0.05) is 70.9 Å². The molecule has 1 aliphatic rings. The first-order chi connectivity index (χ1) is 23.2. The number of ether oxygens (including phenoxy) is 2. The molecule has 10 heteroatoms. The molecule has 0 saturated carbocycles. The van der Waals surface area contributed by atoms with Crippen LogP contribution in [-0.2, 0) is 27.4 Å². The fourth-order valence-corrected chi connectivity index (χ4v) is 7.40. The Labute approximate surface area is 294 Å². The number of alkyl halides is 1. The van der Waals surface area contributed by atoms with Crippen molar-refractivity contribution in [1.82, 2.24) is 15.2 Å². The van der Waals surface area contributed by atoms with Crippen molar-refractivity contribution in [2.75, 3.05) is 25.7 Å². The van der Waals surface area contributed by atoms with Crippen molar-refractivity contribution in [3.8, 4) is 16.2 Å². The smallest absolute Gasteiger partial charge is 0.255 e. The Morgan fingerprint density at radius 1 is 1.04 bits per heavy atom. The molecule has 2 heterocycles. The number of halogens is 1. The van der Waals surface area contributed by atoms with Crippen molar-refractivity contribution in [1.29, 1.82) is 0 Å². The molecule has 4 rings (SSSR count). The van der Waals surface area contributed by atoms with Crippen LogP contribution < -0.4 is 10.1 Å². The highest BCUT2D eigenvalue weighted by atomic mass is 35.5. The number of ketones is 1. The summed E-state index contributed by atoms with van der Waals surface area (Å²) in [7, 11) is 0. The van der Waals surface area contributed by atoms with Gasteiger partial charge in [-0.2, -0.15) is 0 Å². The van der Waals surface area contributed by atoms with E-state index in [1.54, 1.807) is 23.2 Å². The van der Waals surface area contributed by atoms with Gasteiger partial charge in [0.1, 0.15) is 12.4 Å². The van der Waals surface area contributed by atoms with Gasteiger partial charge >= 0.3 is 0 Å². The number of nitrogens with one attached hydrogen (secondary N) is 1. The summed E-state index contributed by atoms with van der Waals surface area (Å²) in [5.41, 5.74) is 6.20. The highest BCUT2D eigenvalue weighted by Gasteiger charge is 2.42. The van der Waals surface area contributed by atoms with E-state index in [4.69, 9.17) is 21.1 Å². The first kappa shape index (κ1) is 37.5. The fourth-order valence-electron chi connectivity index (χ4n) is 6.41. The Balaban J connectivity index is 1.41. The molecule has 1 aliphatic heterocycles. The van der Waals surface area contributed by atoms with Crippen molar-refractivity contribution in [3.05, 3.63) is 70.4 Å². The molecule has 2 amide bonds. The second-order valence-corrected chi connectivity index (χ2v) is 14.1. The lowest BCUT2D eigenvalue weighted by atomic mass is 9.80. The second-order valence-electron chi connectivity index (χ2n) is 12.9. The summed E-state index contributed by atoms with van der Waals surface area (Å²) in [6.45, 7) is 11.8. The molecule has 2 aromatic carbocycles. The number of carbonyl (C=O) groups excluding carboxylic acids is 3. The maximum absolute atomic E-state index is 14.1. The number of amides is 2. The van der Waals surface area contributed by atoms with Gasteiger partial charge in [-0.05, 0) is 55.4 Å². The molecule has 0 saturated heterocycles. The van der Waals surface area contributed by atoms with Crippen LogP contribution in [0.25, 0.3) is 10.4 Å². The monoisotopic (exact) mass is 695 g/mol. The van der Waals surface area contributed by atoms with E-state index in [2.05, 4.69) is 10.3 Å². The Hall–Kier alpha value is -3.27. The van der Waals surface area contributed by atoms with Gasteiger partial charge in [-0.15, -0.1) is 22.9 Å². The van der Waals surface area contributed by atoms with Crippen molar-refractivity contribution in [3.63, 3.8) is 0 Å². The first-order valence-corrected chi connectivity index (χ1v) is 18.6. The minimum absolute atomic E-state index is 0.0661. The highest BCUT2D eigenvalue weighted by molar-refractivity contribution is 7.13. The number of hydrogen-bond donors (Lipinski definition) is 1. The SMILES string of the molecule is CCC(C(=O)C(C(C)C)N1Cc2ccccc2C1=O)C(C)C(=O)NCc1ccc(-c2scnc2C)cc1OCCOCCCCCCCl. The number of rotatable bonds is 20. The Morgan fingerprint density at radius 3 is 2.50 bits per heavy atom. The summed E-state index contributed by atoms with van der Waals surface area (Å²) in [5.74, 6) is -0.235. The molecule has 3 unspecified atom stereocenters. The van der Waals surface area contributed by atoms with Crippen molar-refractivity contribution in [2.24, 2.45) is 17.8 Å². The molecule has 1 N–H and O–H groups in total. The summed E-state index contributed by atoms with van der Waals surface area (Å²) in [6.07, 6.45) is 4.73. The molecule has 0 fully saturated rings. The van der Waals surface area contributed by atoms with E-state index in [0.29, 0.717) is 50.0 Å². The zero-order chi connectivity index (χ0) is 34.6. The number of aromatic nitrogens is 1. The van der Waals surface area contributed by atoms with E-state index >= 15 is 0 Å².